The highest BCUT2D eigenvalue weighted by atomic mass is 19.4. The van der Waals surface area contributed by atoms with Gasteiger partial charge in [-0.15, -0.1) is 0 Å². The molecule has 9 heteroatoms. The maximum absolute atomic E-state index is 12.8. The van der Waals surface area contributed by atoms with Crippen molar-refractivity contribution < 1.29 is 18.0 Å². The van der Waals surface area contributed by atoms with Gasteiger partial charge in [-0.1, -0.05) is 0 Å². The molecule has 2 rings (SSSR count). The fraction of sp³-hybridized carbons (Fsp3) is 0.0909. The van der Waals surface area contributed by atoms with Crippen LogP contribution >= 0.6 is 0 Å². The molecule has 0 atom stereocenters. The average molecular weight is 285 g/mol. The Balaban J connectivity index is 2.31. The van der Waals surface area contributed by atoms with Gasteiger partial charge in [-0.3, -0.25) is 16.0 Å². The largest absolute Gasteiger partial charge is 0.418 e. The molecular formula is C11H10F3N5O. The number of hydrazine groups is 1. The van der Waals surface area contributed by atoms with Crippen molar-refractivity contribution in [1.82, 2.24) is 9.97 Å². The van der Waals surface area contributed by atoms with Crippen molar-refractivity contribution in [3.05, 3.63) is 41.7 Å². The summed E-state index contributed by atoms with van der Waals surface area (Å²) in [6.07, 6.45) is -1.75. The molecule has 1 aromatic carbocycles. The minimum Gasteiger partial charge on any atom is -0.331 e. The number of carbonyl (C=O) groups is 1. The number of nitrogens with zero attached hydrogens (tertiary/aromatic N) is 1. The maximum Gasteiger partial charge on any atom is 0.418 e. The van der Waals surface area contributed by atoms with Gasteiger partial charge < -0.3 is 10.4 Å². The summed E-state index contributed by atoms with van der Waals surface area (Å²) >= 11 is 0. The van der Waals surface area contributed by atoms with Crippen LogP contribution in [0.25, 0.3) is 0 Å². The second kappa shape index (κ2) is 5.21. The number of anilines is 2. The molecule has 0 unspecified atom stereocenters. The Bertz CT molecular complexity index is 609. The van der Waals surface area contributed by atoms with E-state index in [1.807, 2.05) is 5.43 Å². The molecule has 0 aliphatic heterocycles. The molecule has 0 radical (unpaired) electrons. The fourth-order valence-corrected chi connectivity index (χ4v) is 1.56. The number of aromatic nitrogens is 2. The monoisotopic (exact) mass is 285 g/mol. The number of benzene rings is 1. The Morgan fingerprint density at radius 1 is 1.35 bits per heavy atom. The van der Waals surface area contributed by atoms with Crippen LogP contribution in [0, 0.1) is 0 Å². The number of halogens is 3. The molecule has 0 fully saturated rings. The summed E-state index contributed by atoms with van der Waals surface area (Å²) in [5.74, 6) is 4.45. The molecule has 1 amide bonds. The van der Waals surface area contributed by atoms with Crippen LogP contribution in [0.3, 0.4) is 0 Å². The number of aromatic amines is 1. The van der Waals surface area contributed by atoms with E-state index in [9.17, 15) is 18.0 Å². The van der Waals surface area contributed by atoms with Gasteiger partial charge in [-0.2, -0.15) is 13.2 Å². The van der Waals surface area contributed by atoms with E-state index in [1.54, 1.807) is 0 Å². The highest BCUT2D eigenvalue weighted by molar-refractivity contribution is 6.03. The van der Waals surface area contributed by atoms with Gasteiger partial charge in [0.05, 0.1) is 11.3 Å². The molecular weight excluding hydrogens is 275 g/mol. The van der Waals surface area contributed by atoms with Gasteiger partial charge >= 0.3 is 6.18 Å². The van der Waals surface area contributed by atoms with Gasteiger partial charge in [-0.25, -0.2) is 4.98 Å². The van der Waals surface area contributed by atoms with E-state index in [0.29, 0.717) is 6.07 Å². The summed E-state index contributed by atoms with van der Waals surface area (Å²) in [5, 5.41) is 2.33. The van der Waals surface area contributed by atoms with E-state index >= 15 is 0 Å². The minimum absolute atomic E-state index is 0.143. The van der Waals surface area contributed by atoms with Crippen molar-refractivity contribution in [2.24, 2.45) is 5.84 Å². The molecule has 0 saturated heterocycles. The van der Waals surface area contributed by atoms with Crippen LogP contribution in [-0.4, -0.2) is 15.9 Å². The third-order valence-electron chi connectivity index (χ3n) is 2.47. The number of amides is 1. The van der Waals surface area contributed by atoms with E-state index in [-0.39, 0.29) is 17.2 Å². The molecule has 106 valence electrons. The summed E-state index contributed by atoms with van der Waals surface area (Å²) in [7, 11) is 0. The number of nitrogens with two attached hydrogens (primary N) is 1. The third-order valence-corrected chi connectivity index (χ3v) is 2.47. The number of H-pyrrole nitrogens is 1. The Kier molecular flexibility index (Phi) is 3.61. The number of hydrogen-bond acceptors (Lipinski definition) is 4. The third kappa shape index (κ3) is 2.88. The van der Waals surface area contributed by atoms with Crippen molar-refractivity contribution in [1.29, 1.82) is 0 Å². The van der Waals surface area contributed by atoms with Crippen LogP contribution in [-0.2, 0) is 6.18 Å². The zero-order valence-electron chi connectivity index (χ0n) is 9.95. The number of hydrogen-bond donors (Lipinski definition) is 4. The van der Waals surface area contributed by atoms with E-state index in [4.69, 9.17) is 5.84 Å². The molecule has 6 nitrogen and oxygen atoms in total. The quantitative estimate of drug-likeness (QED) is 0.512. The predicted octanol–water partition coefficient (Wildman–Crippen LogP) is 1.97. The molecule has 1 aromatic heterocycles. The molecule has 20 heavy (non-hydrogen) atoms. The summed E-state index contributed by atoms with van der Waals surface area (Å²) in [4.78, 5) is 18.2. The lowest BCUT2D eigenvalue weighted by atomic mass is 10.1. The van der Waals surface area contributed by atoms with Crippen LogP contribution in [0.2, 0.25) is 0 Å². The van der Waals surface area contributed by atoms with Gasteiger partial charge in [0.2, 0.25) is 5.95 Å². The van der Waals surface area contributed by atoms with Gasteiger partial charge in [0.15, 0.2) is 0 Å². The van der Waals surface area contributed by atoms with Crippen LogP contribution < -0.4 is 16.6 Å². The van der Waals surface area contributed by atoms with Crippen LogP contribution in [0.15, 0.2) is 30.6 Å². The average Bonchev–Trinajstić information content (AvgIpc) is 2.89. The highest BCUT2D eigenvalue weighted by Crippen LogP contribution is 2.35. The van der Waals surface area contributed by atoms with E-state index < -0.39 is 17.6 Å². The number of alkyl halides is 3. The standard InChI is InChI=1S/C11H10F3N5O/c12-11(13,14)7-5-6(1-2-8(7)19-15)9(20)18-10-16-3-4-17-10/h1-5,19H,15H2,(H2,16,17,18,20). The second-order valence-electron chi connectivity index (χ2n) is 3.79. The summed E-state index contributed by atoms with van der Waals surface area (Å²) in [6, 6.07) is 3.02. The lowest BCUT2D eigenvalue weighted by Gasteiger charge is -2.13. The first-order valence-corrected chi connectivity index (χ1v) is 5.40. The van der Waals surface area contributed by atoms with Crippen molar-refractivity contribution in [2.75, 3.05) is 10.7 Å². The molecule has 0 bridgehead atoms. The SMILES string of the molecule is NNc1ccc(C(=O)Nc2ncc[nH]2)cc1C(F)(F)F. The predicted molar refractivity (Wildman–Crippen MR) is 65.8 cm³/mol. The van der Waals surface area contributed by atoms with Gasteiger partial charge in [0.1, 0.15) is 0 Å². The first-order valence-electron chi connectivity index (χ1n) is 5.40. The summed E-state index contributed by atoms with van der Waals surface area (Å²) < 4.78 is 38.4. The Labute approximate surface area is 111 Å². The number of imidazole rings is 1. The Hall–Kier alpha value is -2.55. The lowest BCUT2D eigenvalue weighted by Crippen LogP contribution is -2.18. The smallest absolute Gasteiger partial charge is 0.331 e. The zero-order chi connectivity index (χ0) is 14.8. The van der Waals surface area contributed by atoms with Crippen molar-refractivity contribution in [2.45, 2.75) is 6.18 Å². The number of rotatable bonds is 3. The normalized spacial score (nSPS) is 11.2. The summed E-state index contributed by atoms with van der Waals surface area (Å²) in [6.45, 7) is 0. The maximum atomic E-state index is 12.8. The van der Waals surface area contributed by atoms with Crippen LogP contribution in [0.4, 0.5) is 24.8 Å². The molecule has 0 aliphatic rings. The van der Waals surface area contributed by atoms with E-state index in [1.165, 1.54) is 18.5 Å². The first-order chi connectivity index (χ1) is 9.41. The molecule has 0 saturated carbocycles. The minimum atomic E-state index is -4.62. The van der Waals surface area contributed by atoms with E-state index in [0.717, 1.165) is 6.07 Å². The van der Waals surface area contributed by atoms with Crippen molar-refractivity contribution in [3.63, 3.8) is 0 Å². The van der Waals surface area contributed by atoms with Crippen molar-refractivity contribution in [3.8, 4) is 0 Å². The number of nitrogens with one attached hydrogen (secondary N) is 3. The highest BCUT2D eigenvalue weighted by Gasteiger charge is 2.34. The van der Waals surface area contributed by atoms with Gasteiger partial charge in [0.25, 0.3) is 5.91 Å². The second-order valence-corrected chi connectivity index (χ2v) is 3.79. The van der Waals surface area contributed by atoms with Crippen LogP contribution in [0.1, 0.15) is 15.9 Å². The molecule has 5 N–H and O–H groups in total. The fourth-order valence-electron chi connectivity index (χ4n) is 1.56. The van der Waals surface area contributed by atoms with Gasteiger partial charge in [-0.05, 0) is 18.2 Å². The number of carbonyl (C=O) groups excluding carboxylic acids is 1. The Morgan fingerprint density at radius 2 is 2.10 bits per heavy atom. The molecule has 1 heterocycles. The first kappa shape index (κ1) is 13.9. The molecule has 0 spiro atoms. The topological polar surface area (TPSA) is 95.8 Å². The molecule has 0 aliphatic carbocycles. The Morgan fingerprint density at radius 3 is 2.65 bits per heavy atom. The van der Waals surface area contributed by atoms with Crippen LogP contribution in [0.5, 0.6) is 0 Å². The van der Waals surface area contributed by atoms with E-state index in [2.05, 4.69) is 15.3 Å². The molecule has 2 aromatic rings. The zero-order valence-corrected chi connectivity index (χ0v) is 9.95. The number of nitrogen functional groups attached to an aromatic ring is 1. The lowest BCUT2D eigenvalue weighted by molar-refractivity contribution is -0.137. The summed E-state index contributed by atoms with van der Waals surface area (Å²) in [5.41, 5.74) is 0.450. The van der Waals surface area contributed by atoms with Crippen molar-refractivity contribution >= 4 is 17.5 Å². The van der Waals surface area contributed by atoms with Gasteiger partial charge in [0, 0.05) is 18.0 Å².